The summed E-state index contributed by atoms with van der Waals surface area (Å²) in [6.07, 6.45) is 1.27. The van der Waals surface area contributed by atoms with Gasteiger partial charge in [0.15, 0.2) is 17.3 Å². The zero-order valence-electron chi connectivity index (χ0n) is 13.1. The molecule has 1 heterocycles. The average molecular weight is 322 g/mol. The summed E-state index contributed by atoms with van der Waals surface area (Å²) in [5.41, 5.74) is 0.505. The number of rotatable bonds is 2. The number of allylic oxidation sites excluding steroid dienone is 1. The fourth-order valence-electron chi connectivity index (χ4n) is 1.97. The second kappa shape index (κ2) is 9.99. The van der Waals surface area contributed by atoms with Gasteiger partial charge >= 0.3 is 0 Å². The zero-order valence-corrected chi connectivity index (χ0v) is 13.1. The largest absolute Gasteiger partial charge is 0.487 e. The van der Waals surface area contributed by atoms with E-state index in [1.165, 1.54) is 6.08 Å². The molecule has 2 rings (SSSR count). The second-order valence-electron chi connectivity index (χ2n) is 4.76. The molecule has 0 N–H and O–H groups in total. The van der Waals surface area contributed by atoms with E-state index in [2.05, 4.69) is 6.58 Å². The standard InChI is InChI=1S/C17H22O6/c1-2-15(18)14-3-4-16-17(13-14)23-12-10-21-8-6-19-5-7-20-9-11-22-16/h2-4,13H,1,5-12H2. The first kappa shape index (κ1) is 17.5. The fraction of sp³-hybridized carbons (Fsp3) is 0.471. The van der Waals surface area contributed by atoms with Crippen molar-refractivity contribution in [3.8, 4) is 11.5 Å². The lowest BCUT2D eigenvalue weighted by molar-refractivity contribution is 0.00708. The molecule has 0 aromatic heterocycles. The van der Waals surface area contributed by atoms with Gasteiger partial charge in [0.25, 0.3) is 0 Å². The highest BCUT2D eigenvalue weighted by Gasteiger charge is 2.10. The van der Waals surface area contributed by atoms with Crippen LogP contribution in [0.15, 0.2) is 30.9 Å². The molecule has 0 atom stereocenters. The van der Waals surface area contributed by atoms with Crippen LogP contribution in [0, 0.1) is 0 Å². The lowest BCUT2D eigenvalue weighted by atomic mass is 10.1. The summed E-state index contributed by atoms with van der Waals surface area (Å²) >= 11 is 0. The van der Waals surface area contributed by atoms with Crippen LogP contribution in [-0.4, -0.2) is 58.6 Å². The van der Waals surface area contributed by atoms with Gasteiger partial charge in [-0.15, -0.1) is 0 Å². The molecule has 0 bridgehead atoms. The first-order valence-corrected chi connectivity index (χ1v) is 7.61. The van der Waals surface area contributed by atoms with Crippen molar-refractivity contribution in [2.45, 2.75) is 0 Å². The molecule has 6 heteroatoms. The quantitative estimate of drug-likeness (QED) is 0.612. The third-order valence-corrected chi connectivity index (χ3v) is 3.13. The van der Waals surface area contributed by atoms with E-state index < -0.39 is 0 Å². The van der Waals surface area contributed by atoms with Crippen molar-refractivity contribution in [3.63, 3.8) is 0 Å². The first-order chi connectivity index (χ1) is 11.3. The molecular weight excluding hydrogens is 300 g/mol. The SMILES string of the molecule is C=CC(=O)c1ccc2c(c1)OCCOCCOCCOCCO2. The van der Waals surface area contributed by atoms with Gasteiger partial charge in [0.2, 0.25) is 0 Å². The van der Waals surface area contributed by atoms with E-state index in [4.69, 9.17) is 23.7 Å². The molecule has 126 valence electrons. The van der Waals surface area contributed by atoms with Crippen LogP contribution in [0.1, 0.15) is 10.4 Å². The molecule has 0 amide bonds. The van der Waals surface area contributed by atoms with Gasteiger partial charge in [-0.05, 0) is 24.3 Å². The summed E-state index contributed by atoms with van der Waals surface area (Å²) in [7, 11) is 0. The highest BCUT2D eigenvalue weighted by molar-refractivity contribution is 6.04. The van der Waals surface area contributed by atoms with Gasteiger partial charge in [-0.1, -0.05) is 6.58 Å². The van der Waals surface area contributed by atoms with Crippen molar-refractivity contribution in [2.75, 3.05) is 52.9 Å². The Bertz CT molecular complexity index is 514. The Morgan fingerprint density at radius 2 is 1.35 bits per heavy atom. The molecule has 0 saturated carbocycles. The molecule has 0 unspecified atom stereocenters. The summed E-state index contributed by atoms with van der Waals surface area (Å²) < 4.78 is 27.5. The minimum atomic E-state index is -0.163. The van der Waals surface area contributed by atoms with E-state index in [-0.39, 0.29) is 5.78 Å². The van der Waals surface area contributed by atoms with Crippen LogP contribution >= 0.6 is 0 Å². The van der Waals surface area contributed by atoms with Crippen molar-refractivity contribution >= 4 is 5.78 Å². The van der Waals surface area contributed by atoms with Crippen molar-refractivity contribution in [2.24, 2.45) is 0 Å². The molecule has 0 saturated heterocycles. The summed E-state index contributed by atoms with van der Waals surface area (Å²) in [6, 6.07) is 5.06. The molecule has 1 aromatic carbocycles. The Kier molecular flexibility index (Phi) is 7.59. The number of ketones is 1. The summed E-state index contributed by atoms with van der Waals surface area (Å²) in [4.78, 5) is 11.7. The van der Waals surface area contributed by atoms with Crippen LogP contribution in [0.5, 0.6) is 11.5 Å². The van der Waals surface area contributed by atoms with E-state index in [1.807, 2.05) is 0 Å². The Morgan fingerprint density at radius 3 is 1.91 bits per heavy atom. The predicted molar refractivity (Wildman–Crippen MR) is 84.4 cm³/mol. The van der Waals surface area contributed by atoms with E-state index in [9.17, 15) is 4.79 Å². The lowest BCUT2D eigenvalue weighted by Gasteiger charge is -2.13. The maximum atomic E-state index is 11.7. The van der Waals surface area contributed by atoms with Crippen LogP contribution < -0.4 is 9.47 Å². The number of carbonyl (C=O) groups excluding carboxylic acids is 1. The van der Waals surface area contributed by atoms with Gasteiger partial charge in [-0.3, -0.25) is 4.79 Å². The number of hydrogen-bond donors (Lipinski definition) is 0. The number of carbonyl (C=O) groups is 1. The summed E-state index contributed by atoms with van der Waals surface area (Å²) in [5.74, 6) is 0.914. The van der Waals surface area contributed by atoms with E-state index >= 15 is 0 Å². The zero-order chi connectivity index (χ0) is 16.3. The molecule has 23 heavy (non-hydrogen) atoms. The van der Waals surface area contributed by atoms with Gasteiger partial charge in [0, 0.05) is 5.56 Å². The van der Waals surface area contributed by atoms with Gasteiger partial charge in [-0.2, -0.15) is 0 Å². The van der Waals surface area contributed by atoms with Crippen molar-refractivity contribution in [1.82, 2.24) is 0 Å². The normalized spacial score (nSPS) is 17.6. The van der Waals surface area contributed by atoms with Crippen LogP contribution in [0.25, 0.3) is 0 Å². The highest BCUT2D eigenvalue weighted by Crippen LogP contribution is 2.28. The van der Waals surface area contributed by atoms with Crippen molar-refractivity contribution in [1.29, 1.82) is 0 Å². The highest BCUT2D eigenvalue weighted by atomic mass is 16.6. The van der Waals surface area contributed by atoms with Gasteiger partial charge in [0.1, 0.15) is 13.2 Å². The number of hydrogen-bond acceptors (Lipinski definition) is 6. The number of ether oxygens (including phenoxy) is 5. The molecule has 6 nitrogen and oxygen atoms in total. The van der Waals surface area contributed by atoms with Crippen molar-refractivity contribution < 1.29 is 28.5 Å². The summed E-state index contributed by atoms with van der Waals surface area (Å²) in [5, 5.41) is 0. The molecule has 1 aliphatic heterocycles. The minimum absolute atomic E-state index is 0.163. The van der Waals surface area contributed by atoms with Gasteiger partial charge < -0.3 is 23.7 Å². The fourth-order valence-corrected chi connectivity index (χ4v) is 1.97. The maximum absolute atomic E-state index is 11.7. The lowest BCUT2D eigenvalue weighted by Crippen LogP contribution is -2.13. The first-order valence-electron chi connectivity index (χ1n) is 7.61. The third kappa shape index (κ3) is 6.02. The molecule has 0 fully saturated rings. The third-order valence-electron chi connectivity index (χ3n) is 3.13. The van der Waals surface area contributed by atoms with Crippen LogP contribution in [-0.2, 0) is 14.2 Å². The predicted octanol–water partition coefficient (Wildman–Crippen LogP) is 1.88. The molecule has 0 radical (unpaired) electrons. The van der Waals surface area contributed by atoms with Crippen LogP contribution in [0.2, 0.25) is 0 Å². The van der Waals surface area contributed by atoms with Crippen LogP contribution in [0.4, 0.5) is 0 Å². The van der Waals surface area contributed by atoms with Gasteiger partial charge in [-0.25, -0.2) is 0 Å². The Labute approximate surface area is 135 Å². The number of fused-ring (bicyclic) bond motifs is 1. The van der Waals surface area contributed by atoms with Crippen molar-refractivity contribution in [3.05, 3.63) is 36.4 Å². The van der Waals surface area contributed by atoms with Crippen LogP contribution in [0.3, 0.4) is 0 Å². The Hall–Kier alpha value is -1.89. The molecule has 0 spiro atoms. The monoisotopic (exact) mass is 322 g/mol. The Balaban J connectivity index is 2.05. The van der Waals surface area contributed by atoms with E-state index in [1.54, 1.807) is 18.2 Å². The number of benzene rings is 1. The molecule has 1 aliphatic rings. The molecular formula is C17H22O6. The van der Waals surface area contributed by atoms with E-state index in [0.717, 1.165) is 0 Å². The second-order valence-corrected chi connectivity index (χ2v) is 4.76. The smallest absolute Gasteiger partial charge is 0.185 e. The Morgan fingerprint density at radius 1 is 0.826 bits per heavy atom. The maximum Gasteiger partial charge on any atom is 0.185 e. The average Bonchev–Trinajstić information content (AvgIpc) is 2.59. The molecule has 1 aromatic rings. The molecule has 0 aliphatic carbocycles. The van der Waals surface area contributed by atoms with E-state index in [0.29, 0.717) is 69.9 Å². The minimum Gasteiger partial charge on any atom is -0.487 e. The van der Waals surface area contributed by atoms with Gasteiger partial charge in [0.05, 0.1) is 39.6 Å². The summed E-state index contributed by atoms with van der Waals surface area (Å²) in [6.45, 7) is 7.19. The topological polar surface area (TPSA) is 63.2 Å².